The van der Waals surface area contributed by atoms with E-state index < -0.39 is 0 Å². The maximum absolute atomic E-state index is 12.2. The Kier molecular flexibility index (Phi) is 5.64. The zero-order valence-electron chi connectivity index (χ0n) is 15.2. The van der Waals surface area contributed by atoms with Gasteiger partial charge in [-0.1, -0.05) is 52.7 Å². The van der Waals surface area contributed by atoms with Crippen LogP contribution in [-0.2, 0) is 17.9 Å². The summed E-state index contributed by atoms with van der Waals surface area (Å²) >= 11 is 12.0. The topological polar surface area (TPSA) is 69.0 Å². The van der Waals surface area contributed by atoms with E-state index in [0.717, 1.165) is 16.6 Å². The molecule has 0 aliphatic heterocycles. The van der Waals surface area contributed by atoms with Gasteiger partial charge in [-0.3, -0.25) is 4.79 Å². The van der Waals surface area contributed by atoms with Gasteiger partial charge in [-0.05, 0) is 48.0 Å². The molecule has 1 amide bonds. The summed E-state index contributed by atoms with van der Waals surface area (Å²) in [5, 5.41) is 12.0. The number of amides is 1. The summed E-state index contributed by atoms with van der Waals surface area (Å²) in [5.74, 6) is 1.06. The number of aromatic nitrogens is 3. The molecule has 0 fully saturated rings. The molecular weight excluding hydrogens is 411 g/mol. The van der Waals surface area contributed by atoms with Crippen LogP contribution in [-0.4, -0.2) is 20.9 Å². The van der Waals surface area contributed by atoms with E-state index in [0.29, 0.717) is 28.1 Å². The molecule has 0 spiro atoms. The minimum Gasteiger partial charge on any atom is -0.457 e. The quantitative estimate of drug-likeness (QED) is 0.478. The maximum atomic E-state index is 12.2. The van der Waals surface area contributed by atoms with Crippen molar-refractivity contribution in [2.45, 2.75) is 13.1 Å². The average Bonchev–Trinajstić information content (AvgIpc) is 3.10. The summed E-state index contributed by atoms with van der Waals surface area (Å²) in [7, 11) is 0. The van der Waals surface area contributed by atoms with Crippen molar-refractivity contribution in [2.75, 3.05) is 0 Å². The van der Waals surface area contributed by atoms with E-state index in [1.165, 1.54) is 0 Å². The number of carbonyl (C=O) groups is 1. The van der Waals surface area contributed by atoms with E-state index in [1.807, 2.05) is 48.5 Å². The third-order valence-corrected chi connectivity index (χ3v) is 4.63. The predicted molar refractivity (Wildman–Crippen MR) is 112 cm³/mol. The van der Waals surface area contributed by atoms with Gasteiger partial charge in [0, 0.05) is 16.6 Å². The first kappa shape index (κ1) is 19.2. The van der Waals surface area contributed by atoms with Gasteiger partial charge in [0.25, 0.3) is 0 Å². The largest absolute Gasteiger partial charge is 0.457 e. The fourth-order valence-electron chi connectivity index (χ4n) is 2.83. The molecule has 0 radical (unpaired) electrons. The molecule has 8 heteroatoms. The van der Waals surface area contributed by atoms with Crippen LogP contribution >= 0.6 is 23.2 Å². The number of benzene rings is 3. The molecule has 6 nitrogen and oxygen atoms in total. The Morgan fingerprint density at radius 3 is 2.45 bits per heavy atom. The van der Waals surface area contributed by atoms with Crippen LogP contribution in [0, 0.1) is 0 Å². The first-order chi connectivity index (χ1) is 14.1. The Balaban J connectivity index is 1.33. The Morgan fingerprint density at radius 2 is 1.69 bits per heavy atom. The van der Waals surface area contributed by atoms with E-state index in [4.69, 9.17) is 27.9 Å². The third kappa shape index (κ3) is 4.85. The number of fused-ring (bicyclic) bond motifs is 1. The summed E-state index contributed by atoms with van der Waals surface area (Å²) < 4.78 is 7.34. The standard InChI is InChI=1S/C21H16Cl2N4O2/c22-15-9-16(23)11-18(10-15)29-17-7-5-14(6-8-17)12-24-21(28)13-27-20-4-2-1-3-19(20)25-26-27/h1-11H,12-13H2,(H,24,28). The third-order valence-electron chi connectivity index (χ3n) is 4.20. The van der Waals surface area contributed by atoms with Gasteiger partial charge in [-0.2, -0.15) is 0 Å². The Hall–Kier alpha value is -3.09. The smallest absolute Gasteiger partial charge is 0.242 e. The van der Waals surface area contributed by atoms with Crippen LogP contribution in [0.2, 0.25) is 10.0 Å². The van der Waals surface area contributed by atoms with Gasteiger partial charge < -0.3 is 10.1 Å². The Morgan fingerprint density at radius 1 is 0.966 bits per heavy atom. The van der Waals surface area contributed by atoms with Crippen LogP contribution in [0.4, 0.5) is 0 Å². The SMILES string of the molecule is O=C(Cn1nnc2ccccc21)NCc1ccc(Oc2cc(Cl)cc(Cl)c2)cc1. The highest BCUT2D eigenvalue weighted by molar-refractivity contribution is 6.34. The number of para-hydroxylation sites is 1. The van der Waals surface area contributed by atoms with Crippen LogP contribution in [0.3, 0.4) is 0 Å². The number of nitrogens with zero attached hydrogens (tertiary/aromatic N) is 3. The van der Waals surface area contributed by atoms with Gasteiger partial charge in [0.1, 0.15) is 23.6 Å². The fourth-order valence-corrected chi connectivity index (χ4v) is 3.33. The molecular formula is C21H16Cl2N4O2. The highest BCUT2D eigenvalue weighted by Crippen LogP contribution is 2.28. The molecule has 1 heterocycles. The van der Waals surface area contributed by atoms with Crippen LogP contribution in [0.5, 0.6) is 11.5 Å². The van der Waals surface area contributed by atoms with Crippen LogP contribution in [0.15, 0.2) is 66.7 Å². The number of carbonyl (C=O) groups excluding carboxylic acids is 1. The van der Waals surface area contributed by atoms with Crippen LogP contribution < -0.4 is 10.1 Å². The molecule has 0 aliphatic rings. The molecule has 146 valence electrons. The van der Waals surface area contributed by atoms with Gasteiger partial charge in [0.05, 0.1) is 5.52 Å². The van der Waals surface area contributed by atoms with Gasteiger partial charge in [0.15, 0.2) is 0 Å². The highest BCUT2D eigenvalue weighted by Gasteiger charge is 2.08. The van der Waals surface area contributed by atoms with E-state index in [2.05, 4.69) is 15.6 Å². The molecule has 4 rings (SSSR count). The minimum atomic E-state index is -0.144. The van der Waals surface area contributed by atoms with Crippen molar-refractivity contribution >= 4 is 40.1 Å². The molecule has 0 saturated carbocycles. The van der Waals surface area contributed by atoms with Crippen LogP contribution in [0.1, 0.15) is 5.56 Å². The molecule has 0 aliphatic carbocycles. The Bertz CT molecular complexity index is 1140. The van der Waals surface area contributed by atoms with Crippen molar-refractivity contribution in [1.82, 2.24) is 20.3 Å². The first-order valence-corrected chi connectivity index (χ1v) is 9.60. The number of hydrogen-bond acceptors (Lipinski definition) is 4. The lowest BCUT2D eigenvalue weighted by atomic mass is 10.2. The normalized spacial score (nSPS) is 10.8. The lowest BCUT2D eigenvalue weighted by Gasteiger charge is -2.09. The van der Waals surface area contributed by atoms with Gasteiger partial charge in [-0.25, -0.2) is 4.68 Å². The molecule has 1 N–H and O–H groups in total. The van der Waals surface area contributed by atoms with Crippen molar-refractivity contribution in [2.24, 2.45) is 0 Å². The average molecular weight is 427 g/mol. The lowest BCUT2D eigenvalue weighted by Crippen LogP contribution is -2.27. The molecule has 1 aromatic heterocycles. The van der Waals surface area contributed by atoms with E-state index in [-0.39, 0.29) is 12.5 Å². The molecule has 4 aromatic rings. The van der Waals surface area contributed by atoms with Crippen LogP contribution in [0.25, 0.3) is 11.0 Å². The van der Waals surface area contributed by atoms with E-state index in [9.17, 15) is 4.79 Å². The van der Waals surface area contributed by atoms with Crippen molar-refractivity contribution < 1.29 is 9.53 Å². The fraction of sp³-hybridized carbons (Fsp3) is 0.0952. The van der Waals surface area contributed by atoms with Gasteiger partial charge >= 0.3 is 0 Å². The lowest BCUT2D eigenvalue weighted by molar-refractivity contribution is -0.121. The van der Waals surface area contributed by atoms with E-state index >= 15 is 0 Å². The molecule has 3 aromatic carbocycles. The second-order valence-electron chi connectivity index (χ2n) is 6.36. The molecule has 0 saturated heterocycles. The minimum absolute atomic E-state index is 0.108. The van der Waals surface area contributed by atoms with E-state index in [1.54, 1.807) is 22.9 Å². The summed E-state index contributed by atoms with van der Waals surface area (Å²) in [6.07, 6.45) is 0. The van der Waals surface area contributed by atoms with Crippen molar-refractivity contribution in [3.63, 3.8) is 0 Å². The number of halogens is 2. The summed E-state index contributed by atoms with van der Waals surface area (Å²) in [5.41, 5.74) is 2.53. The van der Waals surface area contributed by atoms with Gasteiger partial charge in [-0.15, -0.1) is 5.10 Å². The van der Waals surface area contributed by atoms with Crippen molar-refractivity contribution in [1.29, 1.82) is 0 Å². The predicted octanol–water partition coefficient (Wildman–Crippen LogP) is 4.85. The maximum Gasteiger partial charge on any atom is 0.242 e. The molecule has 0 bridgehead atoms. The molecule has 29 heavy (non-hydrogen) atoms. The summed E-state index contributed by atoms with van der Waals surface area (Å²) in [4.78, 5) is 12.2. The Labute approximate surface area is 177 Å². The van der Waals surface area contributed by atoms with Crippen molar-refractivity contribution in [3.8, 4) is 11.5 Å². The van der Waals surface area contributed by atoms with Gasteiger partial charge in [0.2, 0.25) is 5.91 Å². The number of nitrogens with one attached hydrogen (secondary N) is 1. The number of rotatable bonds is 6. The second-order valence-corrected chi connectivity index (χ2v) is 7.24. The monoisotopic (exact) mass is 426 g/mol. The summed E-state index contributed by atoms with van der Waals surface area (Å²) in [6, 6.07) is 19.9. The second kappa shape index (κ2) is 8.51. The summed E-state index contributed by atoms with van der Waals surface area (Å²) in [6.45, 7) is 0.506. The number of hydrogen-bond donors (Lipinski definition) is 1. The zero-order valence-corrected chi connectivity index (χ0v) is 16.7. The highest BCUT2D eigenvalue weighted by atomic mass is 35.5. The molecule has 0 unspecified atom stereocenters. The number of ether oxygens (including phenoxy) is 1. The molecule has 0 atom stereocenters. The zero-order chi connectivity index (χ0) is 20.2. The first-order valence-electron chi connectivity index (χ1n) is 8.85. The van der Waals surface area contributed by atoms with Crippen molar-refractivity contribution in [3.05, 3.63) is 82.3 Å².